The molecule has 1 aromatic heterocycles. The summed E-state index contributed by atoms with van der Waals surface area (Å²) in [4.78, 5) is 6.89. The lowest BCUT2D eigenvalue weighted by molar-refractivity contribution is 0.475. The molecule has 6 nitrogen and oxygen atoms in total. The molecule has 0 atom stereocenters. The molecule has 0 fully saturated rings. The van der Waals surface area contributed by atoms with Gasteiger partial charge >= 0.3 is 0 Å². The van der Waals surface area contributed by atoms with E-state index in [0.29, 0.717) is 0 Å². The van der Waals surface area contributed by atoms with Gasteiger partial charge in [0.25, 0.3) is 0 Å². The Bertz CT molecular complexity index is 609. The van der Waals surface area contributed by atoms with Crippen LogP contribution in [0.15, 0.2) is 46.4 Å². The van der Waals surface area contributed by atoms with Crippen LogP contribution in [0.3, 0.4) is 0 Å². The fraction of sp³-hybridized carbons (Fsp3) is 0.471. The molecule has 2 aromatic rings. The van der Waals surface area contributed by atoms with Crippen molar-refractivity contribution in [3.8, 4) is 0 Å². The minimum atomic E-state index is 0.815. The predicted molar refractivity (Wildman–Crippen MR) is 101 cm³/mol. The van der Waals surface area contributed by atoms with Gasteiger partial charge in [-0.1, -0.05) is 28.1 Å². The highest BCUT2D eigenvalue weighted by molar-refractivity contribution is 9.10. The van der Waals surface area contributed by atoms with Crippen LogP contribution in [0, 0.1) is 0 Å². The van der Waals surface area contributed by atoms with Crippen LogP contribution in [-0.4, -0.2) is 45.8 Å². The summed E-state index contributed by atoms with van der Waals surface area (Å²) >= 11 is 3.47. The van der Waals surface area contributed by atoms with Crippen LogP contribution in [0.5, 0.6) is 0 Å². The molecule has 0 saturated carbocycles. The van der Waals surface area contributed by atoms with Gasteiger partial charge in [-0.15, -0.1) is 10.2 Å². The third-order valence-corrected chi connectivity index (χ3v) is 4.11. The summed E-state index contributed by atoms with van der Waals surface area (Å²) in [5.74, 6) is 0.949. The molecule has 1 heterocycles. The fourth-order valence-corrected chi connectivity index (χ4v) is 2.60. The standard InChI is InChI=1S/C17H25BrN6/c1-3-19-17(20-10-4-5-11-24-13-21-22-14-24)23(2)12-15-6-8-16(18)9-7-15/h6-9,13-14H,3-5,10-12H2,1-2H3,(H,19,20). The number of nitrogens with one attached hydrogen (secondary N) is 1. The Balaban J connectivity index is 1.81. The van der Waals surface area contributed by atoms with Crippen molar-refractivity contribution >= 4 is 21.9 Å². The van der Waals surface area contributed by atoms with Gasteiger partial charge in [-0.3, -0.25) is 4.99 Å². The summed E-state index contributed by atoms with van der Waals surface area (Å²) in [6, 6.07) is 8.39. The van der Waals surface area contributed by atoms with Crippen molar-refractivity contribution in [3.05, 3.63) is 47.0 Å². The van der Waals surface area contributed by atoms with E-state index < -0.39 is 0 Å². The van der Waals surface area contributed by atoms with E-state index in [4.69, 9.17) is 4.99 Å². The van der Waals surface area contributed by atoms with E-state index in [1.54, 1.807) is 12.7 Å². The second-order valence-electron chi connectivity index (χ2n) is 5.62. The number of rotatable bonds is 8. The second-order valence-corrected chi connectivity index (χ2v) is 6.54. The Morgan fingerprint density at radius 1 is 1.21 bits per heavy atom. The van der Waals surface area contributed by atoms with Crippen LogP contribution < -0.4 is 5.32 Å². The molecule has 2 rings (SSSR count). The average molecular weight is 393 g/mol. The van der Waals surface area contributed by atoms with Crippen molar-refractivity contribution in [2.24, 2.45) is 4.99 Å². The zero-order valence-corrected chi connectivity index (χ0v) is 15.9. The zero-order valence-electron chi connectivity index (χ0n) is 14.3. The minimum Gasteiger partial charge on any atom is -0.357 e. The molecule has 0 radical (unpaired) electrons. The lowest BCUT2D eigenvalue weighted by Crippen LogP contribution is -2.38. The maximum atomic E-state index is 4.73. The number of unbranched alkanes of at least 4 members (excludes halogenated alkanes) is 1. The van der Waals surface area contributed by atoms with Gasteiger partial charge in [-0.05, 0) is 37.5 Å². The van der Waals surface area contributed by atoms with Crippen LogP contribution in [0.4, 0.5) is 0 Å². The van der Waals surface area contributed by atoms with Crippen molar-refractivity contribution in [2.75, 3.05) is 20.1 Å². The first kappa shape index (κ1) is 18.4. The molecule has 24 heavy (non-hydrogen) atoms. The largest absolute Gasteiger partial charge is 0.357 e. The quantitative estimate of drug-likeness (QED) is 0.426. The smallest absolute Gasteiger partial charge is 0.193 e. The van der Waals surface area contributed by atoms with Gasteiger partial charge in [0.1, 0.15) is 12.7 Å². The van der Waals surface area contributed by atoms with Gasteiger partial charge in [-0.25, -0.2) is 0 Å². The summed E-state index contributed by atoms with van der Waals surface area (Å²) in [5.41, 5.74) is 1.26. The molecular weight excluding hydrogens is 368 g/mol. The summed E-state index contributed by atoms with van der Waals surface area (Å²) in [5, 5.41) is 11.0. The summed E-state index contributed by atoms with van der Waals surface area (Å²) in [6.45, 7) is 5.54. The first-order chi connectivity index (χ1) is 11.7. The Labute approximate surface area is 152 Å². The predicted octanol–water partition coefficient (Wildman–Crippen LogP) is 2.92. The highest BCUT2D eigenvalue weighted by Crippen LogP contribution is 2.11. The van der Waals surface area contributed by atoms with Crippen molar-refractivity contribution in [2.45, 2.75) is 32.9 Å². The molecule has 0 saturated heterocycles. The summed E-state index contributed by atoms with van der Waals surface area (Å²) in [7, 11) is 2.07. The lowest BCUT2D eigenvalue weighted by Gasteiger charge is -2.22. The van der Waals surface area contributed by atoms with Crippen molar-refractivity contribution in [1.29, 1.82) is 0 Å². The molecule has 0 unspecified atom stereocenters. The van der Waals surface area contributed by atoms with E-state index in [1.165, 1.54) is 5.56 Å². The van der Waals surface area contributed by atoms with E-state index in [-0.39, 0.29) is 0 Å². The molecule has 0 bridgehead atoms. The van der Waals surface area contributed by atoms with Gasteiger partial charge in [0.05, 0.1) is 0 Å². The van der Waals surface area contributed by atoms with Crippen molar-refractivity contribution in [1.82, 2.24) is 25.0 Å². The van der Waals surface area contributed by atoms with Crippen LogP contribution in [0.25, 0.3) is 0 Å². The SMILES string of the molecule is CCNC(=NCCCCn1cnnc1)N(C)Cc1ccc(Br)cc1. The first-order valence-corrected chi connectivity index (χ1v) is 9.04. The molecule has 0 aliphatic heterocycles. The van der Waals surface area contributed by atoms with E-state index in [0.717, 1.165) is 49.5 Å². The normalized spacial score (nSPS) is 11.5. The molecule has 0 spiro atoms. The van der Waals surface area contributed by atoms with Gasteiger partial charge < -0.3 is 14.8 Å². The first-order valence-electron chi connectivity index (χ1n) is 8.25. The summed E-state index contributed by atoms with van der Waals surface area (Å²) in [6.07, 6.45) is 5.61. The lowest BCUT2D eigenvalue weighted by atomic mass is 10.2. The van der Waals surface area contributed by atoms with Gasteiger partial charge in [0, 0.05) is 37.7 Å². The number of hydrogen-bond acceptors (Lipinski definition) is 3. The van der Waals surface area contributed by atoms with Crippen LogP contribution in [-0.2, 0) is 13.1 Å². The van der Waals surface area contributed by atoms with E-state index >= 15 is 0 Å². The third-order valence-electron chi connectivity index (χ3n) is 3.58. The summed E-state index contributed by atoms with van der Waals surface area (Å²) < 4.78 is 3.09. The number of nitrogens with zero attached hydrogens (tertiary/aromatic N) is 5. The van der Waals surface area contributed by atoms with E-state index in [2.05, 4.69) is 74.6 Å². The average Bonchev–Trinajstić information content (AvgIpc) is 3.09. The second kappa shape index (κ2) is 10.1. The Morgan fingerprint density at radius 2 is 1.92 bits per heavy atom. The molecule has 1 aromatic carbocycles. The topological polar surface area (TPSA) is 58.3 Å². The van der Waals surface area contributed by atoms with Crippen LogP contribution in [0.1, 0.15) is 25.3 Å². The third kappa shape index (κ3) is 6.31. The minimum absolute atomic E-state index is 0.815. The van der Waals surface area contributed by atoms with E-state index in [9.17, 15) is 0 Å². The molecule has 7 heteroatoms. The monoisotopic (exact) mass is 392 g/mol. The molecule has 0 aliphatic rings. The van der Waals surface area contributed by atoms with E-state index in [1.807, 2.05) is 4.57 Å². The number of aromatic nitrogens is 3. The molecule has 1 N–H and O–H groups in total. The maximum Gasteiger partial charge on any atom is 0.193 e. The zero-order chi connectivity index (χ0) is 17.2. The van der Waals surface area contributed by atoms with Gasteiger partial charge in [0.15, 0.2) is 5.96 Å². The highest BCUT2D eigenvalue weighted by atomic mass is 79.9. The number of guanidine groups is 1. The van der Waals surface area contributed by atoms with Crippen LogP contribution in [0.2, 0.25) is 0 Å². The molecule has 0 aliphatic carbocycles. The van der Waals surface area contributed by atoms with Gasteiger partial charge in [0.2, 0.25) is 0 Å². The van der Waals surface area contributed by atoms with Gasteiger partial charge in [-0.2, -0.15) is 0 Å². The number of aliphatic imine (C=N–C) groups is 1. The van der Waals surface area contributed by atoms with Crippen molar-refractivity contribution < 1.29 is 0 Å². The Kier molecular flexibility index (Phi) is 7.74. The number of halogens is 1. The van der Waals surface area contributed by atoms with Crippen molar-refractivity contribution in [3.63, 3.8) is 0 Å². The molecule has 130 valence electrons. The molecule has 0 amide bonds. The number of benzene rings is 1. The van der Waals surface area contributed by atoms with Crippen LogP contribution >= 0.6 is 15.9 Å². The number of aryl methyl sites for hydroxylation is 1. The maximum absolute atomic E-state index is 4.73. The number of hydrogen-bond donors (Lipinski definition) is 1. The fourth-order valence-electron chi connectivity index (χ4n) is 2.34. The Hall–Kier alpha value is -1.89. The highest BCUT2D eigenvalue weighted by Gasteiger charge is 2.06. The Morgan fingerprint density at radius 3 is 2.58 bits per heavy atom. The molecular formula is C17H25BrN6.